The number of allylic oxidation sites excluding steroid dienone is 1. The van der Waals surface area contributed by atoms with Crippen LogP contribution in [0.2, 0.25) is 0 Å². The second-order valence-corrected chi connectivity index (χ2v) is 4.37. The van der Waals surface area contributed by atoms with Crippen molar-refractivity contribution in [2.24, 2.45) is 11.7 Å². The maximum atomic E-state index is 10.9. The predicted molar refractivity (Wildman–Crippen MR) is 57.9 cm³/mol. The van der Waals surface area contributed by atoms with Crippen LogP contribution in [0.4, 0.5) is 4.79 Å². The van der Waals surface area contributed by atoms with E-state index < -0.39 is 6.03 Å². The van der Waals surface area contributed by atoms with Gasteiger partial charge in [0.1, 0.15) is 0 Å². The predicted octanol–water partition coefficient (Wildman–Crippen LogP) is 2.18. The van der Waals surface area contributed by atoms with Gasteiger partial charge in [0.15, 0.2) is 0 Å². The number of carbonyl (C=O) groups is 1. The van der Waals surface area contributed by atoms with Crippen molar-refractivity contribution in [1.29, 1.82) is 0 Å². The summed E-state index contributed by atoms with van der Waals surface area (Å²) < 4.78 is 0. The number of nitrogens with one attached hydrogen (secondary N) is 1. The Hall–Kier alpha value is -0.990. The molecule has 3 heteroatoms. The summed E-state index contributed by atoms with van der Waals surface area (Å²) >= 11 is 0. The lowest BCUT2D eigenvalue weighted by molar-refractivity contribution is 0.216. The summed E-state index contributed by atoms with van der Waals surface area (Å²) in [6.07, 6.45) is 5.42. The number of hydrogen-bond donors (Lipinski definition) is 2. The van der Waals surface area contributed by atoms with Gasteiger partial charge >= 0.3 is 6.03 Å². The average molecular weight is 196 g/mol. The third-order valence-electron chi connectivity index (χ3n) is 3.32. The van der Waals surface area contributed by atoms with Crippen LogP contribution < -0.4 is 11.1 Å². The van der Waals surface area contributed by atoms with E-state index in [1.165, 1.54) is 5.57 Å². The van der Waals surface area contributed by atoms with Gasteiger partial charge in [-0.05, 0) is 32.1 Å². The van der Waals surface area contributed by atoms with Crippen molar-refractivity contribution in [1.82, 2.24) is 5.32 Å². The molecule has 0 aromatic carbocycles. The fourth-order valence-corrected chi connectivity index (χ4v) is 2.02. The number of primary amides is 1. The minimum absolute atomic E-state index is 0.162. The molecule has 2 unspecified atom stereocenters. The van der Waals surface area contributed by atoms with E-state index in [0.717, 1.165) is 19.3 Å². The smallest absolute Gasteiger partial charge is 0.312 e. The lowest BCUT2D eigenvalue weighted by Gasteiger charge is -2.38. The van der Waals surface area contributed by atoms with E-state index in [1.807, 2.05) is 0 Å². The number of urea groups is 1. The fourth-order valence-electron chi connectivity index (χ4n) is 2.02. The molecule has 0 aromatic rings. The lowest BCUT2D eigenvalue weighted by Crippen LogP contribution is -2.53. The van der Waals surface area contributed by atoms with Crippen molar-refractivity contribution in [3.8, 4) is 0 Å². The molecule has 3 nitrogen and oxygen atoms in total. The quantitative estimate of drug-likeness (QED) is 0.653. The van der Waals surface area contributed by atoms with Crippen LogP contribution in [0, 0.1) is 5.92 Å². The Morgan fingerprint density at radius 2 is 2.43 bits per heavy atom. The van der Waals surface area contributed by atoms with E-state index in [4.69, 9.17) is 5.73 Å². The minimum Gasteiger partial charge on any atom is -0.352 e. The normalized spacial score (nSPS) is 32.2. The topological polar surface area (TPSA) is 55.1 Å². The summed E-state index contributed by atoms with van der Waals surface area (Å²) in [5.41, 5.74) is 6.49. The number of nitrogens with two attached hydrogens (primary N) is 1. The van der Waals surface area contributed by atoms with Crippen molar-refractivity contribution < 1.29 is 4.79 Å². The van der Waals surface area contributed by atoms with E-state index in [9.17, 15) is 4.79 Å². The van der Waals surface area contributed by atoms with Gasteiger partial charge in [-0.1, -0.05) is 25.5 Å². The lowest BCUT2D eigenvalue weighted by atomic mass is 9.76. The average Bonchev–Trinajstić information content (AvgIpc) is 2.09. The highest BCUT2D eigenvalue weighted by Crippen LogP contribution is 2.32. The number of hydrogen-bond acceptors (Lipinski definition) is 1. The largest absolute Gasteiger partial charge is 0.352 e. The Kier molecular flexibility index (Phi) is 3.19. The molecule has 1 aliphatic carbocycles. The van der Waals surface area contributed by atoms with Crippen LogP contribution in [-0.4, -0.2) is 11.6 Å². The zero-order chi connectivity index (χ0) is 10.8. The highest BCUT2D eigenvalue weighted by atomic mass is 16.2. The molecule has 2 amide bonds. The zero-order valence-electron chi connectivity index (χ0n) is 9.26. The molecular weight excluding hydrogens is 176 g/mol. The van der Waals surface area contributed by atoms with Crippen LogP contribution in [0.5, 0.6) is 0 Å². The fraction of sp³-hybridized carbons (Fsp3) is 0.727. The summed E-state index contributed by atoms with van der Waals surface area (Å²) in [5.74, 6) is 0.360. The highest BCUT2D eigenvalue weighted by molar-refractivity contribution is 5.72. The first-order chi connectivity index (χ1) is 6.48. The van der Waals surface area contributed by atoms with Crippen molar-refractivity contribution >= 4 is 6.03 Å². The molecule has 0 spiro atoms. The first kappa shape index (κ1) is 11.1. The van der Waals surface area contributed by atoms with Crippen LogP contribution >= 0.6 is 0 Å². The van der Waals surface area contributed by atoms with E-state index in [0.29, 0.717) is 5.92 Å². The van der Waals surface area contributed by atoms with Crippen LogP contribution in [0.15, 0.2) is 11.6 Å². The molecule has 2 atom stereocenters. The van der Waals surface area contributed by atoms with Gasteiger partial charge < -0.3 is 11.1 Å². The standard InChI is InChI=1S/C11H20N2O/c1-4-9-5-6-11(3,8(2)7-9)13-10(12)14/h7-8H,4-6H2,1-3H3,(H3,12,13,14). The van der Waals surface area contributed by atoms with Crippen LogP contribution in [0.3, 0.4) is 0 Å². The van der Waals surface area contributed by atoms with Crippen molar-refractivity contribution in [3.05, 3.63) is 11.6 Å². The molecule has 0 saturated heterocycles. The molecule has 0 fully saturated rings. The Labute approximate surface area is 85.7 Å². The van der Waals surface area contributed by atoms with Gasteiger partial charge in [-0.2, -0.15) is 0 Å². The minimum atomic E-state index is -0.423. The maximum absolute atomic E-state index is 10.9. The summed E-state index contributed by atoms with van der Waals surface area (Å²) in [6, 6.07) is -0.423. The SMILES string of the molecule is CCC1=CC(C)C(C)(NC(N)=O)CC1. The third kappa shape index (κ3) is 2.28. The Morgan fingerprint density at radius 1 is 1.79 bits per heavy atom. The van der Waals surface area contributed by atoms with E-state index in [-0.39, 0.29) is 5.54 Å². The van der Waals surface area contributed by atoms with Crippen LogP contribution in [0.1, 0.15) is 40.0 Å². The summed E-state index contributed by atoms with van der Waals surface area (Å²) in [4.78, 5) is 10.9. The van der Waals surface area contributed by atoms with Gasteiger partial charge in [-0.15, -0.1) is 0 Å². The van der Waals surface area contributed by atoms with E-state index in [1.54, 1.807) is 0 Å². The molecule has 0 heterocycles. The van der Waals surface area contributed by atoms with Gasteiger partial charge in [0.2, 0.25) is 0 Å². The molecule has 1 aliphatic rings. The summed E-state index contributed by atoms with van der Waals surface area (Å²) in [6.45, 7) is 6.36. The van der Waals surface area contributed by atoms with Gasteiger partial charge in [0, 0.05) is 5.54 Å². The van der Waals surface area contributed by atoms with Gasteiger partial charge in [-0.25, -0.2) is 4.79 Å². The van der Waals surface area contributed by atoms with E-state index in [2.05, 4.69) is 32.2 Å². The second kappa shape index (κ2) is 4.03. The first-order valence-electron chi connectivity index (χ1n) is 5.25. The van der Waals surface area contributed by atoms with Gasteiger partial charge in [0.25, 0.3) is 0 Å². The van der Waals surface area contributed by atoms with Crippen LogP contribution in [-0.2, 0) is 0 Å². The Balaban J connectivity index is 2.74. The molecule has 80 valence electrons. The maximum Gasteiger partial charge on any atom is 0.312 e. The Morgan fingerprint density at radius 3 is 2.86 bits per heavy atom. The van der Waals surface area contributed by atoms with Gasteiger partial charge in [-0.3, -0.25) is 0 Å². The molecule has 0 aromatic heterocycles. The number of carbonyl (C=O) groups excluding carboxylic acids is 1. The second-order valence-electron chi connectivity index (χ2n) is 4.37. The summed E-state index contributed by atoms with van der Waals surface area (Å²) in [5, 5.41) is 2.85. The molecule has 0 radical (unpaired) electrons. The van der Waals surface area contributed by atoms with E-state index >= 15 is 0 Å². The van der Waals surface area contributed by atoms with Crippen molar-refractivity contribution in [3.63, 3.8) is 0 Å². The highest BCUT2D eigenvalue weighted by Gasteiger charge is 2.33. The number of rotatable bonds is 2. The van der Waals surface area contributed by atoms with Crippen LogP contribution in [0.25, 0.3) is 0 Å². The Bertz CT molecular complexity index is 260. The molecule has 0 aliphatic heterocycles. The molecule has 0 saturated carbocycles. The molecule has 0 bridgehead atoms. The third-order valence-corrected chi connectivity index (χ3v) is 3.32. The molecule has 1 rings (SSSR count). The zero-order valence-corrected chi connectivity index (χ0v) is 9.26. The first-order valence-corrected chi connectivity index (χ1v) is 5.25. The molecule has 14 heavy (non-hydrogen) atoms. The monoisotopic (exact) mass is 196 g/mol. The van der Waals surface area contributed by atoms with Gasteiger partial charge in [0.05, 0.1) is 0 Å². The van der Waals surface area contributed by atoms with Crippen molar-refractivity contribution in [2.75, 3.05) is 0 Å². The summed E-state index contributed by atoms with van der Waals surface area (Å²) in [7, 11) is 0. The molecular formula is C11H20N2O. The number of amides is 2. The molecule has 3 N–H and O–H groups in total. The van der Waals surface area contributed by atoms with Crippen molar-refractivity contribution in [2.45, 2.75) is 45.6 Å².